The Morgan fingerprint density at radius 3 is 2.43 bits per heavy atom. The molecule has 0 aliphatic carbocycles. The summed E-state index contributed by atoms with van der Waals surface area (Å²) in [5.74, 6) is -0.511. The largest absolute Gasteiger partial charge is 0.417 e. The first-order valence-corrected chi connectivity index (χ1v) is 6.99. The van der Waals surface area contributed by atoms with Crippen molar-refractivity contribution in [3.05, 3.63) is 62.8 Å². The van der Waals surface area contributed by atoms with Gasteiger partial charge in [0.05, 0.1) is 5.56 Å². The van der Waals surface area contributed by atoms with Crippen molar-refractivity contribution in [2.75, 3.05) is 5.32 Å². The third-order valence-electron chi connectivity index (χ3n) is 2.77. The molecule has 0 bridgehead atoms. The molecule has 0 saturated heterocycles. The highest BCUT2D eigenvalue weighted by molar-refractivity contribution is 9.10. The lowest BCUT2D eigenvalue weighted by Gasteiger charge is -2.13. The second-order valence-electron chi connectivity index (χ2n) is 4.28. The number of alkyl halides is 3. The van der Waals surface area contributed by atoms with Gasteiger partial charge in [-0.1, -0.05) is 33.6 Å². The Morgan fingerprint density at radius 2 is 1.81 bits per heavy atom. The fourth-order valence-electron chi connectivity index (χ4n) is 1.71. The van der Waals surface area contributed by atoms with Gasteiger partial charge in [-0.05, 0) is 30.3 Å². The average molecular weight is 383 g/mol. The molecule has 0 saturated carbocycles. The molecule has 1 nitrogen and oxygen atoms in total. The van der Waals surface area contributed by atoms with Crippen molar-refractivity contribution < 1.29 is 17.6 Å². The van der Waals surface area contributed by atoms with Crippen LogP contribution >= 0.6 is 27.5 Å². The lowest BCUT2D eigenvalue weighted by molar-refractivity contribution is -0.138. The van der Waals surface area contributed by atoms with Gasteiger partial charge in [0.25, 0.3) is 0 Å². The predicted octanol–water partition coefficient (Wildman–Crippen LogP) is 5.87. The van der Waals surface area contributed by atoms with E-state index in [-0.39, 0.29) is 21.7 Å². The number of benzene rings is 2. The van der Waals surface area contributed by atoms with Crippen LogP contribution in [0.4, 0.5) is 23.2 Å². The SMILES string of the molecule is Fc1cc(Cl)ccc1CNc1ccc(Br)c(C(F)(F)F)c1. The Balaban J connectivity index is 2.17. The van der Waals surface area contributed by atoms with Gasteiger partial charge >= 0.3 is 6.18 Å². The van der Waals surface area contributed by atoms with Crippen LogP contribution in [0.1, 0.15) is 11.1 Å². The number of rotatable bonds is 3. The summed E-state index contributed by atoms with van der Waals surface area (Å²) in [5.41, 5.74) is -0.222. The Kier molecular flexibility index (Phi) is 4.78. The number of hydrogen-bond acceptors (Lipinski definition) is 1. The Hall–Kier alpha value is -1.27. The van der Waals surface area contributed by atoms with E-state index < -0.39 is 17.6 Å². The van der Waals surface area contributed by atoms with E-state index in [9.17, 15) is 17.6 Å². The molecule has 0 amide bonds. The average Bonchev–Trinajstić information content (AvgIpc) is 2.38. The van der Waals surface area contributed by atoms with Gasteiger partial charge in [-0.2, -0.15) is 13.2 Å². The van der Waals surface area contributed by atoms with Crippen molar-refractivity contribution in [2.24, 2.45) is 0 Å². The summed E-state index contributed by atoms with van der Waals surface area (Å²) in [6, 6.07) is 7.90. The first kappa shape index (κ1) is 16.1. The summed E-state index contributed by atoms with van der Waals surface area (Å²) >= 11 is 8.49. The van der Waals surface area contributed by atoms with Crippen molar-refractivity contribution in [3.63, 3.8) is 0 Å². The molecule has 0 aliphatic heterocycles. The van der Waals surface area contributed by atoms with E-state index in [0.717, 1.165) is 12.1 Å². The molecule has 0 unspecified atom stereocenters. The number of halogens is 6. The van der Waals surface area contributed by atoms with Gasteiger partial charge < -0.3 is 5.32 Å². The van der Waals surface area contributed by atoms with E-state index in [4.69, 9.17) is 11.6 Å². The van der Waals surface area contributed by atoms with Crippen LogP contribution in [0, 0.1) is 5.82 Å². The van der Waals surface area contributed by atoms with Crippen LogP contribution in [0.25, 0.3) is 0 Å². The van der Waals surface area contributed by atoms with E-state index in [2.05, 4.69) is 21.2 Å². The first-order chi connectivity index (χ1) is 9.77. The summed E-state index contributed by atoms with van der Waals surface area (Å²) in [5, 5.41) is 3.02. The third-order valence-corrected chi connectivity index (χ3v) is 3.70. The monoisotopic (exact) mass is 381 g/mol. The van der Waals surface area contributed by atoms with Gasteiger partial charge in [-0.25, -0.2) is 4.39 Å². The van der Waals surface area contributed by atoms with Crippen LogP contribution in [0.3, 0.4) is 0 Å². The maximum atomic E-state index is 13.6. The van der Waals surface area contributed by atoms with Crippen LogP contribution in [0.15, 0.2) is 40.9 Å². The molecule has 0 aliphatic rings. The Morgan fingerprint density at radius 1 is 1.10 bits per heavy atom. The molecule has 7 heteroatoms. The molecule has 0 heterocycles. The minimum absolute atomic E-state index is 0.0433. The van der Waals surface area contributed by atoms with E-state index in [1.807, 2.05) is 0 Å². The summed E-state index contributed by atoms with van der Waals surface area (Å²) in [4.78, 5) is 0. The molecule has 2 aromatic rings. The normalized spacial score (nSPS) is 11.5. The molecule has 21 heavy (non-hydrogen) atoms. The lowest BCUT2D eigenvalue weighted by atomic mass is 10.1. The van der Waals surface area contributed by atoms with Crippen molar-refractivity contribution in [2.45, 2.75) is 12.7 Å². The van der Waals surface area contributed by atoms with Gasteiger partial charge in [0, 0.05) is 27.3 Å². The maximum Gasteiger partial charge on any atom is 0.417 e. The number of nitrogens with one attached hydrogen (secondary N) is 1. The van der Waals surface area contributed by atoms with Crippen LogP contribution in [-0.2, 0) is 12.7 Å². The molecule has 0 fully saturated rings. The highest BCUT2D eigenvalue weighted by Gasteiger charge is 2.33. The molecule has 0 radical (unpaired) electrons. The second kappa shape index (κ2) is 6.23. The molecule has 112 valence electrons. The van der Waals surface area contributed by atoms with Crippen molar-refractivity contribution in [1.29, 1.82) is 0 Å². The molecular weight excluding hydrogens is 374 g/mol. The molecule has 0 spiro atoms. The summed E-state index contributed by atoms with van der Waals surface area (Å²) in [6.07, 6.45) is -4.46. The van der Waals surface area contributed by atoms with Gasteiger partial charge in [-0.15, -0.1) is 0 Å². The summed E-state index contributed by atoms with van der Waals surface area (Å²) in [7, 11) is 0. The minimum atomic E-state index is -4.46. The molecule has 0 atom stereocenters. The van der Waals surface area contributed by atoms with Gasteiger partial charge in [-0.3, -0.25) is 0 Å². The fourth-order valence-corrected chi connectivity index (χ4v) is 2.35. The topological polar surface area (TPSA) is 12.0 Å². The van der Waals surface area contributed by atoms with E-state index in [0.29, 0.717) is 5.56 Å². The zero-order chi connectivity index (χ0) is 15.6. The Labute approximate surface area is 132 Å². The van der Waals surface area contributed by atoms with Crippen LogP contribution < -0.4 is 5.32 Å². The van der Waals surface area contributed by atoms with E-state index in [1.165, 1.54) is 24.3 Å². The molecule has 0 aromatic heterocycles. The zero-order valence-electron chi connectivity index (χ0n) is 10.4. The summed E-state index contributed by atoms with van der Waals surface area (Å²) in [6.45, 7) is 0.0575. The standard InChI is InChI=1S/C14H9BrClF4N/c15-12-4-3-10(6-11(12)14(18,19)20)21-7-8-1-2-9(16)5-13(8)17/h1-6,21H,7H2. The molecular formula is C14H9BrClF4N. The third kappa shape index (κ3) is 4.11. The lowest BCUT2D eigenvalue weighted by Crippen LogP contribution is -2.08. The number of anilines is 1. The Bertz CT molecular complexity index is 658. The smallest absolute Gasteiger partial charge is 0.381 e. The van der Waals surface area contributed by atoms with Gasteiger partial charge in [0.15, 0.2) is 0 Å². The highest BCUT2D eigenvalue weighted by Crippen LogP contribution is 2.36. The van der Waals surface area contributed by atoms with Crippen molar-refractivity contribution in [1.82, 2.24) is 0 Å². The second-order valence-corrected chi connectivity index (χ2v) is 5.57. The van der Waals surface area contributed by atoms with Gasteiger partial charge in [0.2, 0.25) is 0 Å². The zero-order valence-corrected chi connectivity index (χ0v) is 12.8. The number of hydrogen-bond donors (Lipinski definition) is 1. The quantitative estimate of drug-likeness (QED) is 0.654. The van der Waals surface area contributed by atoms with Crippen molar-refractivity contribution >= 4 is 33.2 Å². The first-order valence-electron chi connectivity index (χ1n) is 5.82. The minimum Gasteiger partial charge on any atom is -0.381 e. The predicted molar refractivity (Wildman–Crippen MR) is 77.9 cm³/mol. The summed E-state index contributed by atoms with van der Waals surface area (Å²) < 4.78 is 51.8. The van der Waals surface area contributed by atoms with E-state index in [1.54, 1.807) is 0 Å². The van der Waals surface area contributed by atoms with Crippen LogP contribution in [0.2, 0.25) is 5.02 Å². The maximum absolute atomic E-state index is 13.6. The van der Waals surface area contributed by atoms with Crippen molar-refractivity contribution in [3.8, 4) is 0 Å². The van der Waals surface area contributed by atoms with Gasteiger partial charge in [0.1, 0.15) is 5.82 Å². The molecule has 2 aromatic carbocycles. The molecule has 2 rings (SSSR count). The van der Waals surface area contributed by atoms with Crippen LogP contribution in [-0.4, -0.2) is 0 Å². The molecule has 1 N–H and O–H groups in total. The highest BCUT2D eigenvalue weighted by atomic mass is 79.9. The van der Waals surface area contributed by atoms with E-state index >= 15 is 0 Å². The fraction of sp³-hybridized carbons (Fsp3) is 0.143. The van der Waals surface area contributed by atoms with Crippen LogP contribution in [0.5, 0.6) is 0 Å².